The average Bonchev–Trinajstić information content (AvgIpc) is 2.41. The monoisotopic (exact) mass is 298 g/mol. The van der Waals surface area contributed by atoms with Gasteiger partial charge in [-0.05, 0) is 12.1 Å². The van der Waals surface area contributed by atoms with E-state index in [1.807, 2.05) is 0 Å². The number of methoxy groups -OCH3 is 1. The van der Waals surface area contributed by atoms with Gasteiger partial charge in [0.05, 0.1) is 18.9 Å². The van der Waals surface area contributed by atoms with E-state index >= 15 is 0 Å². The smallest absolute Gasteiger partial charge is 0.338 e. The van der Waals surface area contributed by atoms with E-state index in [1.165, 1.54) is 19.4 Å². The van der Waals surface area contributed by atoms with Gasteiger partial charge in [-0.2, -0.15) is 4.98 Å². The van der Waals surface area contributed by atoms with Crippen LogP contribution < -0.4 is 9.47 Å². The van der Waals surface area contributed by atoms with E-state index in [-0.39, 0.29) is 22.7 Å². The lowest BCUT2D eigenvalue weighted by molar-refractivity contribution is 0.0692. The zero-order valence-electron chi connectivity index (χ0n) is 10.1. The molecule has 20 heavy (non-hydrogen) atoms. The molecular weight excluding hydrogens is 291 g/mol. The highest BCUT2D eigenvalue weighted by Crippen LogP contribution is 2.28. The second-order valence-corrected chi connectivity index (χ2v) is 3.97. The highest BCUT2D eigenvalue weighted by atomic mass is 35.5. The molecule has 0 aliphatic rings. The van der Waals surface area contributed by atoms with Crippen molar-refractivity contribution in [2.45, 2.75) is 0 Å². The van der Waals surface area contributed by atoms with Crippen molar-refractivity contribution in [3.63, 3.8) is 0 Å². The molecule has 2 rings (SSSR count). The number of hydrogen-bond acceptors (Lipinski definition) is 5. The molecule has 1 aromatic carbocycles. The Hall–Kier alpha value is -2.41. The number of benzene rings is 1. The summed E-state index contributed by atoms with van der Waals surface area (Å²) in [6.07, 6.45) is 1.27. The molecule has 8 heteroatoms. The summed E-state index contributed by atoms with van der Waals surface area (Å²) < 4.78 is 23.6. The Labute approximate surface area is 117 Å². The number of carboxylic acids is 1. The van der Waals surface area contributed by atoms with Crippen molar-refractivity contribution in [2.24, 2.45) is 0 Å². The first-order valence-electron chi connectivity index (χ1n) is 5.28. The number of nitrogens with zero attached hydrogens (tertiary/aromatic N) is 2. The molecule has 0 amide bonds. The third-order valence-corrected chi connectivity index (χ3v) is 2.52. The lowest BCUT2D eigenvalue weighted by Gasteiger charge is -2.08. The number of ether oxygens (including phenoxy) is 2. The molecule has 1 N–H and O–H groups in total. The zero-order valence-corrected chi connectivity index (χ0v) is 10.9. The minimum atomic E-state index is -1.37. The fraction of sp³-hybridized carbons (Fsp3) is 0.0833. The number of hydrogen-bond donors (Lipinski definition) is 1. The Kier molecular flexibility index (Phi) is 3.99. The van der Waals surface area contributed by atoms with Crippen LogP contribution in [0.5, 0.6) is 17.6 Å². The van der Waals surface area contributed by atoms with E-state index in [1.54, 1.807) is 0 Å². The van der Waals surface area contributed by atoms with Crippen molar-refractivity contribution >= 4 is 17.6 Å². The average molecular weight is 299 g/mol. The second kappa shape index (κ2) is 5.70. The van der Waals surface area contributed by atoms with E-state index in [2.05, 4.69) is 9.97 Å². The van der Waals surface area contributed by atoms with Crippen molar-refractivity contribution in [1.82, 2.24) is 9.97 Å². The maximum Gasteiger partial charge on any atom is 0.338 e. The molecule has 1 heterocycles. The van der Waals surface area contributed by atoms with Gasteiger partial charge < -0.3 is 14.6 Å². The first-order chi connectivity index (χ1) is 9.51. The Morgan fingerprint density at radius 2 is 2.20 bits per heavy atom. The van der Waals surface area contributed by atoms with Gasteiger partial charge in [0.2, 0.25) is 5.88 Å². The molecule has 0 radical (unpaired) electrons. The lowest BCUT2D eigenvalue weighted by Crippen LogP contribution is -2.01. The summed E-state index contributed by atoms with van der Waals surface area (Å²) in [6, 6.07) is 3.33. The molecule has 2 aromatic rings. The number of rotatable bonds is 4. The molecule has 0 fully saturated rings. The van der Waals surface area contributed by atoms with Gasteiger partial charge in [0.25, 0.3) is 0 Å². The molecule has 0 saturated heterocycles. The molecule has 0 aliphatic heterocycles. The highest BCUT2D eigenvalue weighted by molar-refractivity contribution is 6.31. The maximum absolute atomic E-state index is 13.5. The van der Waals surface area contributed by atoms with Gasteiger partial charge in [0.1, 0.15) is 16.6 Å². The number of aromatic carboxylic acids is 1. The van der Waals surface area contributed by atoms with Gasteiger partial charge in [-0.15, -0.1) is 0 Å². The van der Waals surface area contributed by atoms with Crippen molar-refractivity contribution in [3.05, 3.63) is 40.8 Å². The van der Waals surface area contributed by atoms with Crippen LogP contribution in [0.15, 0.2) is 24.4 Å². The molecule has 0 unspecified atom stereocenters. The van der Waals surface area contributed by atoms with Crippen LogP contribution in [0.3, 0.4) is 0 Å². The predicted molar refractivity (Wildman–Crippen MR) is 67.0 cm³/mol. The molecular formula is C12H8ClFN2O4. The van der Waals surface area contributed by atoms with Crippen LogP contribution in [0.1, 0.15) is 10.4 Å². The Bertz CT molecular complexity index is 666. The Morgan fingerprint density at radius 1 is 1.45 bits per heavy atom. The number of aromatic nitrogens is 2. The molecule has 0 aliphatic carbocycles. The van der Waals surface area contributed by atoms with Crippen LogP contribution in [-0.2, 0) is 0 Å². The summed E-state index contributed by atoms with van der Waals surface area (Å²) >= 11 is 5.83. The van der Waals surface area contributed by atoms with Crippen molar-refractivity contribution in [2.75, 3.05) is 7.11 Å². The van der Waals surface area contributed by atoms with Gasteiger partial charge in [-0.3, -0.25) is 0 Å². The van der Waals surface area contributed by atoms with Crippen LogP contribution in [0.2, 0.25) is 5.02 Å². The fourth-order valence-corrected chi connectivity index (χ4v) is 1.48. The topological polar surface area (TPSA) is 81.5 Å². The van der Waals surface area contributed by atoms with E-state index in [0.717, 1.165) is 12.1 Å². The summed E-state index contributed by atoms with van der Waals surface area (Å²) in [5, 5.41) is 8.82. The quantitative estimate of drug-likeness (QED) is 0.934. The summed E-state index contributed by atoms with van der Waals surface area (Å²) in [5.74, 6) is -2.26. The van der Waals surface area contributed by atoms with Gasteiger partial charge in [0.15, 0.2) is 0 Å². The summed E-state index contributed by atoms with van der Waals surface area (Å²) in [4.78, 5) is 18.3. The minimum absolute atomic E-state index is 0.0269. The molecule has 6 nitrogen and oxygen atoms in total. The third kappa shape index (κ3) is 2.94. The van der Waals surface area contributed by atoms with E-state index in [4.69, 9.17) is 26.2 Å². The first-order valence-corrected chi connectivity index (χ1v) is 5.66. The van der Waals surface area contributed by atoms with E-state index < -0.39 is 17.3 Å². The minimum Gasteiger partial charge on any atom is -0.478 e. The van der Waals surface area contributed by atoms with Crippen LogP contribution in [0.4, 0.5) is 4.39 Å². The molecule has 0 bridgehead atoms. The number of carbonyl (C=O) groups is 1. The maximum atomic E-state index is 13.5. The van der Waals surface area contributed by atoms with Gasteiger partial charge in [0, 0.05) is 6.07 Å². The van der Waals surface area contributed by atoms with Crippen LogP contribution >= 0.6 is 11.6 Å². The van der Waals surface area contributed by atoms with Crippen LogP contribution in [0.25, 0.3) is 0 Å². The Balaban J connectivity index is 2.30. The van der Waals surface area contributed by atoms with Crippen molar-refractivity contribution in [1.29, 1.82) is 0 Å². The third-order valence-electron chi connectivity index (χ3n) is 2.26. The standard InChI is InChI=1S/C12H8ClFN2O4/c1-19-12-15-5-8(13)10(16-12)20-6-2-3-7(11(17)18)9(14)4-6/h2-5H,1H3,(H,17,18). The van der Waals surface area contributed by atoms with Gasteiger partial charge in [-0.1, -0.05) is 11.6 Å². The number of halogens is 2. The largest absolute Gasteiger partial charge is 0.478 e. The summed E-state index contributed by atoms with van der Waals surface area (Å²) in [6.45, 7) is 0. The molecule has 0 atom stereocenters. The highest BCUT2D eigenvalue weighted by Gasteiger charge is 2.13. The molecule has 104 valence electrons. The normalized spacial score (nSPS) is 10.2. The predicted octanol–water partition coefficient (Wildman–Crippen LogP) is 2.77. The second-order valence-electron chi connectivity index (χ2n) is 3.56. The van der Waals surface area contributed by atoms with Gasteiger partial charge in [-0.25, -0.2) is 14.2 Å². The zero-order chi connectivity index (χ0) is 14.7. The first kappa shape index (κ1) is 14.0. The number of carboxylic acid groups (broad SMARTS) is 1. The molecule has 0 spiro atoms. The van der Waals surface area contributed by atoms with Crippen LogP contribution in [-0.4, -0.2) is 28.2 Å². The SMILES string of the molecule is COc1ncc(Cl)c(Oc2ccc(C(=O)O)c(F)c2)n1. The van der Waals surface area contributed by atoms with E-state index in [9.17, 15) is 9.18 Å². The lowest BCUT2D eigenvalue weighted by atomic mass is 10.2. The van der Waals surface area contributed by atoms with Crippen LogP contribution in [0, 0.1) is 5.82 Å². The molecule has 1 aromatic heterocycles. The summed E-state index contributed by atoms with van der Waals surface area (Å²) in [7, 11) is 1.37. The molecule has 0 saturated carbocycles. The van der Waals surface area contributed by atoms with E-state index in [0.29, 0.717) is 0 Å². The Morgan fingerprint density at radius 3 is 2.80 bits per heavy atom. The fourth-order valence-electron chi connectivity index (χ4n) is 1.35. The summed E-state index contributed by atoms with van der Waals surface area (Å²) in [5.41, 5.74) is -0.455. The van der Waals surface area contributed by atoms with Gasteiger partial charge >= 0.3 is 12.0 Å². The van der Waals surface area contributed by atoms with Crippen molar-refractivity contribution in [3.8, 4) is 17.6 Å². The van der Waals surface area contributed by atoms with Crippen molar-refractivity contribution < 1.29 is 23.8 Å².